The number of hydrogen-bond acceptors (Lipinski definition) is 9. The molecule has 1 heterocycles. The molecule has 5 atom stereocenters. The zero-order valence-electron chi connectivity index (χ0n) is 18.9. The summed E-state index contributed by atoms with van der Waals surface area (Å²) in [6.07, 6.45) is 1.99. The Morgan fingerprint density at radius 1 is 0.806 bits per heavy atom. The Labute approximate surface area is 183 Å². The SMILES string of the molecule is CC(=O)N[C@H]1C(CCCCCCCN)O[C@H](COC(C)=O)[C@H](OC(C)=O)[C@@H]1OC(C)=O. The molecule has 31 heavy (non-hydrogen) atoms. The highest BCUT2D eigenvalue weighted by atomic mass is 16.6. The standard InChI is InChI=1S/C21H36N2O8/c1-13(24)23-19-17(10-8-6-5-7-9-11-22)31-18(12-28-14(2)25)20(29-15(3)26)21(19)30-16(4)27/h17-21H,5-12,22H2,1-4H3,(H,23,24)/t17?,18-,19+,20+,21-/m1/s1. The lowest BCUT2D eigenvalue weighted by Crippen LogP contribution is -2.66. The van der Waals surface area contributed by atoms with Crippen LogP contribution < -0.4 is 11.1 Å². The van der Waals surface area contributed by atoms with E-state index < -0.39 is 48.4 Å². The smallest absolute Gasteiger partial charge is 0.303 e. The van der Waals surface area contributed by atoms with Gasteiger partial charge in [0.2, 0.25) is 5.91 Å². The Morgan fingerprint density at radius 2 is 1.39 bits per heavy atom. The molecule has 0 aliphatic carbocycles. The predicted octanol–water partition coefficient (Wildman–Crippen LogP) is 0.984. The van der Waals surface area contributed by atoms with E-state index in [4.69, 9.17) is 24.7 Å². The number of nitrogens with one attached hydrogen (secondary N) is 1. The molecular formula is C21H36N2O8. The second-order valence-electron chi connectivity index (χ2n) is 7.74. The van der Waals surface area contributed by atoms with Crippen LogP contribution in [0.3, 0.4) is 0 Å². The summed E-state index contributed by atoms with van der Waals surface area (Å²) in [4.78, 5) is 46.7. The van der Waals surface area contributed by atoms with Crippen LogP contribution in [0.15, 0.2) is 0 Å². The van der Waals surface area contributed by atoms with Crippen molar-refractivity contribution in [1.82, 2.24) is 5.32 Å². The van der Waals surface area contributed by atoms with Crippen LogP contribution >= 0.6 is 0 Å². The van der Waals surface area contributed by atoms with Gasteiger partial charge in [0.05, 0.1) is 12.1 Å². The molecule has 10 heteroatoms. The van der Waals surface area contributed by atoms with Gasteiger partial charge in [-0.15, -0.1) is 0 Å². The third-order valence-corrected chi connectivity index (χ3v) is 4.91. The maximum atomic E-state index is 11.9. The summed E-state index contributed by atoms with van der Waals surface area (Å²) in [5.41, 5.74) is 5.52. The van der Waals surface area contributed by atoms with Crippen molar-refractivity contribution in [3.05, 3.63) is 0 Å². The van der Waals surface area contributed by atoms with Crippen molar-refractivity contribution >= 4 is 23.8 Å². The van der Waals surface area contributed by atoms with E-state index >= 15 is 0 Å². The zero-order valence-corrected chi connectivity index (χ0v) is 18.9. The van der Waals surface area contributed by atoms with Gasteiger partial charge in [-0.05, 0) is 19.4 Å². The molecule has 0 bridgehead atoms. The molecule has 0 radical (unpaired) electrons. The summed E-state index contributed by atoms with van der Waals surface area (Å²) < 4.78 is 22.1. The molecule has 1 amide bonds. The third-order valence-electron chi connectivity index (χ3n) is 4.91. The highest BCUT2D eigenvalue weighted by Crippen LogP contribution is 2.29. The average Bonchev–Trinajstić information content (AvgIpc) is 2.66. The van der Waals surface area contributed by atoms with Gasteiger partial charge < -0.3 is 30.0 Å². The van der Waals surface area contributed by atoms with E-state index in [9.17, 15) is 19.2 Å². The minimum atomic E-state index is -1.04. The lowest BCUT2D eigenvalue weighted by atomic mass is 9.89. The van der Waals surface area contributed by atoms with Gasteiger partial charge in [-0.2, -0.15) is 0 Å². The fourth-order valence-corrected chi connectivity index (χ4v) is 3.69. The highest BCUT2D eigenvalue weighted by Gasteiger charge is 2.50. The summed E-state index contributed by atoms with van der Waals surface area (Å²) in [6, 6.07) is -0.719. The lowest BCUT2D eigenvalue weighted by molar-refractivity contribution is -0.224. The molecule has 1 aliphatic heterocycles. The molecule has 1 unspecified atom stereocenters. The third kappa shape index (κ3) is 10.1. The summed E-state index contributed by atoms with van der Waals surface area (Å²) in [6.45, 7) is 5.54. The summed E-state index contributed by atoms with van der Waals surface area (Å²) >= 11 is 0. The van der Waals surface area contributed by atoms with Crippen LogP contribution in [0.4, 0.5) is 0 Å². The van der Waals surface area contributed by atoms with Gasteiger partial charge in [-0.3, -0.25) is 19.2 Å². The summed E-state index contributed by atoms with van der Waals surface area (Å²) in [7, 11) is 0. The van der Waals surface area contributed by atoms with Crippen molar-refractivity contribution in [3.63, 3.8) is 0 Å². The number of esters is 3. The zero-order chi connectivity index (χ0) is 23.4. The lowest BCUT2D eigenvalue weighted by Gasteiger charge is -2.45. The first-order chi connectivity index (χ1) is 14.6. The van der Waals surface area contributed by atoms with Crippen molar-refractivity contribution in [1.29, 1.82) is 0 Å². The van der Waals surface area contributed by atoms with Gasteiger partial charge in [0.15, 0.2) is 12.2 Å². The van der Waals surface area contributed by atoms with E-state index in [1.807, 2.05) is 0 Å². The van der Waals surface area contributed by atoms with Crippen LogP contribution in [0, 0.1) is 0 Å². The maximum Gasteiger partial charge on any atom is 0.303 e. The van der Waals surface area contributed by atoms with E-state index in [0.29, 0.717) is 13.0 Å². The molecule has 178 valence electrons. The first kappa shape index (κ1) is 26.8. The fraction of sp³-hybridized carbons (Fsp3) is 0.810. The average molecular weight is 445 g/mol. The van der Waals surface area contributed by atoms with Crippen LogP contribution in [0.2, 0.25) is 0 Å². The van der Waals surface area contributed by atoms with Gasteiger partial charge in [0.25, 0.3) is 0 Å². The Morgan fingerprint density at radius 3 is 1.94 bits per heavy atom. The first-order valence-corrected chi connectivity index (χ1v) is 10.8. The van der Waals surface area contributed by atoms with E-state index in [0.717, 1.165) is 32.1 Å². The van der Waals surface area contributed by atoms with Crippen LogP contribution in [0.25, 0.3) is 0 Å². The largest absolute Gasteiger partial charge is 0.463 e. The predicted molar refractivity (Wildman–Crippen MR) is 111 cm³/mol. The molecule has 0 aromatic carbocycles. The van der Waals surface area contributed by atoms with Gasteiger partial charge in [-0.25, -0.2) is 0 Å². The molecule has 0 spiro atoms. The number of unbranched alkanes of at least 4 members (excludes halogenated alkanes) is 4. The van der Waals surface area contributed by atoms with Crippen LogP contribution in [0.1, 0.15) is 66.2 Å². The van der Waals surface area contributed by atoms with E-state index in [1.54, 1.807) is 0 Å². The highest BCUT2D eigenvalue weighted by molar-refractivity contribution is 5.73. The molecule has 1 rings (SSSR count). The van der Waals surface area contributed by atoms with Gasteiger partial charge in [0.1, 0.15) is 12.7 Å². The second-order valence-corrected chi connectivity index (χ2v) is 7.74. The number of carbonyl (C=O) groups excluding carboxylic acids is 4. The maximum absolute atomic E-state index is 11.9. The Hall–Kier alpha value is -2.20. The Balaban J connectivity index is 3.07. The Bertz CT molecular complexity index is 612. The minimum absolute atomic E-state index is 0.176. The Kier molecular flexibility index (Phi) is 12.1. The monoisotopic (exact) mass is 444 g/mol. The molecule has 1 aliphatic rings. The summed E-state index contributed by atoms with van der Waals surface area (Å²) in [5.74, 6) is -2.06. The van der Waals surface area contributed by atoms with E-state index in [1.165, 1.54) is 27.7 Å². The van der Waals surface area contributed by atoms with Crippen molar-refractivity contribution in [2.24, 2.45) is 5.73 Å². The molecule has 0 aromatic heterocycles. The number of nitrogens with two attached hydrogens (primary N) is 1. The summed E-state index contributed by atoms with van der Waals surface area (Å²) in [5, 5.41) is 2.78. The van der Waals surface area contributed by atoms with Crippen LogP contribution in [-0.2, 0) is 38.1 Å². The first-order valence-electron chi connectivity index (χ1n) is 10.8. The van der Waals surface area contributed by atoms with Crippen molar-refractivity contribution in [2.75, 3.05) is 13.2 Å². The van der Waals surface area contributed by atoms with Gasteiger partial charge >= 0.3 is 17.9 Å². The topological polar surface area (TPSA) is 143 Å². The minimum Gasteiger partial charge on any atom is -0.463 e. The fourth-order valence-electron chi connectivity index (χ4n) is 3.69. The number of amides is 1. The van der Waals surface area contributed by atoms with Crippen molar-refractivity contribution in [3.8, 4) is 0 Å². The van der Waals surface area contributed by atoms with Crippen molar-refractivity contribution < 1.29 is 38.1 Å². The molecule has 1 saturated heterocycles. The van der Waals surface area contributed by atoms with Gasteiger partial charge in [-0.1, -0.05) is 25.7 Å². The van der Waals surface area contributed by atoms with Crippen LogP contribution in [-0.4, -0.2) is 67.4 Å². The number of rotatable bonds is 12. The number of ether oxygens (including phenoxy) is 4. The molecule has 10 nitrogen and oxygen atoms in total. The number of carbonyl (C=O) groups is 4. The van der Waals surface area contributed by atoms with E-state index in [2.05, 4.69) is 5.32 Å². The van der Waals surface area contributed by atoms with Crippen molar-refractivity contribution in [2.45, 2.75) is 96.7 Å². The van der Waals surface area contributed by atoms with E-state index in [-0.39, 0.29) is 12.5 Å². The molecule has 0 aromatic rings. The normalized spacial score (nSPS) is 25.4. The molecule has 0 saturated carbocycles. The molecule has 3 N–H and O–H groups in total. The molecule has 1 fully saturated rings. The molecular weight excluding hydrogens is 408 g/mol. The van der Waals surface area contributed by atoms with Crippen LogP contribution in [0.5, 0.6) is 0 Å². The quantitative estimate of drug-likeness (QED) is 0.256. The second kappa shape index (κ2) is 14.0. The van der Waals surface area contributed by atoms with Gasteiger partial charge in [0, 0.05) is 27.7 Å². The number of hydrogen-bond donors (Lipinski definition) is 2.